The van der Waals surface area contributed by atoms with E-state index >= 15 is 0 Å². The molecule has 0 aromatic heterocycles. The number of rotatable bonds is 2. The molecule has 0 spiro atoms. The Kier molecular flexibility index (Phi) is 7.87. The monoisotopic (exact) mass is 245 g/mol. The molecule has 0 aliphatic rings. The van der Waals surface area contributed by atoms with Crippen molar-refractivity contribution in [1.29, 1.82) is 0 Å². The first-order valence-corrected chi connectivity index (χ1v) is 2.87. The number of nitrogens with zero attached hydrogens (tertiary/aromatic N) is 1. The molecule has 0 bridgehead atoms. The Morgan fingerprint density at radius 1 is 1.33 bits per heavy atom. The maximum absolute atomic E-state index is 4.73. The minimum Gasteiger partial charge on any atom is -0.456 e. The van der Waals surface area contributed by atoms with Crippen LogP contribution in [0.15, 0.2) is 0 Å². The van der Waals surface area contributed by atoms with Gasteiger partial charge in [-0.2, -0.15) is 0 Å². The van der Waals surface area contributed by atoms with Crippen molar-refractivity contribution >= 4 is 16.3 Å². The zero-order valence-electron chi connectivity index (χ0n) is 5.44. The molecule has 0 N–H and O–H groups in total. The summed E-state index contributed by atoms with van der Waals surface area (Å²) in [6.45, 7) is 5.63. The standard InChI is InChI=1S/C4H9BrNO2.Cu/c1-4(2,3)7-6-8-5;/h1-3H3;/q-1;+1. The van der Waals surface area contributed by atoms with E-state index in [1.165, 1.54) is 0 Å². The smallest absolute Gasteiger partial charge is 0.456 e. The van der Waals surface area contributed by atoms with Crippen LogP contribution < -0.4 is 0 Å². The molecular formula is C4H9BrCuNO2. The van der Waals surface area contributed by atoms with Crippen LogP contribution in [-0.4, -0.2) is 5.60 Å². The van der Waals surface area contributed by atoms with Crippen molar-refractivity contribution < 1.29 is 25.8 Å². The fourth-order valence-electron chi connectivity index (χ4n) is 0.126. The van der Waals surface area contributed by atoms with Crippen molar-refractivity contribution in [1.82, 2.24) is 0 Å². The summed E-state index contributed by atoms with van der Waals surface area (Å²) < 4.78 is 4.13. The van der Waals surface area contributed by atoms with Crippen LogP contribution in [0.3, 0.4) is 0 Å². The van der Waals surface area contributed by atoms with Gasteiger partial charge < -0.3 is 14.4 Å². The summed E-state index contributed by atoms with van der Waals surface area (Å²) in [6, 6.07) is 0. The first-order chi connectivity index (χ1) is 3.56. The van der Waals surface area contributed by atoms with Gasteiger partial charge in [-0.1, -0.05) is 0 Å². The third-order valence-corrected chi connectivity index (χ3v) is 0.458. The molecule has 3 nitrogen and oxygen atoms in total. The SMILES string of the molecule is CC(C)(C)O[N-]OBr.[Cu+]. The van der Waals surface area contributed by atoms with Crippen LogP contribution in [0.25, 0.3) is 5.64 Å². The van der Waals surface area contributed by atoms with Crippen molar-refractivity contribution in [2.45, 2.75) is 26.4 Å². The van der Waals surface area contributed by atoms with Gasteiger partial charge in [0.25, 0.3) is 0 Å². The maximum Gasteiger partial charge on any atom is 1.00 e. The van der Waals surface area contributed by atoms with Gasteiger partial charge in [-0.15, -0.1) is 0 Å². The molecule has 0 saturated carbocycles. The maximum atomic E-state index is 4.73. The van der Waals surface area contributed by atoms with Gasteiger partial charge in [-0.25, -0.2) is 0 Å². The Bertz CT molecular complexity index is 66.1. The van der Waals surface area contributed by atoms with Crippen molar-refractivity contribution in [2.75, 3.05) is 0 Å². The average molecular weight is 247 g/mol. The van der Waals surface area contributed by atoms with E-state index in [2.05, 4.69) is 25.8 Å². The molecule has 0 aromatic carbocycles. The fraction of sp³-hybridized carbons (Fsp3) is 1.00. The molecule has 5 heteroatoms. The van der Waals surface area contributed by atoms with Crippen LogP contribution in [0, 0.1) is 0 Å². The Balaban J connectivity index is 0. The molecular weight excluding hydrogens is 237 g/mol. The normalized spacial score (nSPS) is 10.7. The third-order valence-electron chi connectivity index (χ3n) is 0.339. The second-order valence-electron chi connectivity index (χ2n) is 2.35. The van der Waals surface area contributed by atoms with Gasteiger partial charge in [0.15, 0.2) is 0 Å². The van der Waals surface area contributed by atoms with Crippen LogP contribution in [-0.2, 0) is 25.8 Å². The molecule has 0 atom stereocenters. The fourth-order valence-corrected chi connectivity index (χ4v) is 0.185. The predicted octanol–water partition coefficient (Wildman–Crippen LogP) is 2.33. The summed E-state index contributed by atoms with van der Waals surface area (Å²) in [4.78, 5) is 4.73. The summed E-state index contributed by atoms with van der Waals surface area (Å²) in [5.41, 5.74) is 2.89. The van der Waals surface area contributed by atoms with Crippen LogP contribution in [0.1, 0.15) is 20.8 Å². The minimum absolute atomic E-state index is 0. The van der Waals surface area contributed by atoms with E-state index in [9.17, 15) is 0 Å². The molecule has 0 heterocycles. The van der Waals surface area contributed by atoms with Gasteiger partial charge in [-0.3, -0.25) is 0 Å². The van der Waals surface area contributed by atoms with E-state index in [1.807, 2.05) is 20.8 Å². The molecule has 0 saturated heterocycles. The number of halogens is 1. The van der Waals surface area contributed by atoms with E-state index in [1.54, 1.807) is 0 Å². The Morgan fingerprint density at radius 3 is 1.89 bits per heavy atom. The zero-order chi connectivity index (χ0) is 6.62. The third kappa shape index (κ3) is 12.2. The number of hydrogen-bond donors (Lipinski definition) is 0. The van der Waals surface area contributed by atoms with E-state index in [4.69, 9.17) is 4.84 Å². The van der Waals surface area contributed by atoms with Gasteiger partial charge in [0, 0.05) is 5.60 Å². The summed E-state index contributed by atoms with van der Waals surface area (Å²) in [5.74, 6) is 0. The van der Waals surface area contributed by atoms with Crippen LogP contribution >= 0.6 is 16.3 Å². The summed E-state index contributed by atoms with van der Waals surface area (Å²) in [5, 5.41) is 0. The predicted molar refractivity (Wildman–Crippen MR) is 34.2 cm³/mol. The van der Waals surface area contributed by atoms with Crippen molar-refractivity contribution in [3.63, 3.8) is 0 Å². The molecule has 0 amide bonds. The van der Waals surface area contributed by atoms with E-state index in [-0.39, 0.29) is 22.7 Å². The average Bonchev–Trinajstić information content (AvgIpc) is 1.59. The summed E-state index contributed by atoms with van der Waals surface area (Å²) >= 11 is 2.61. The van der Waals surface area contributed by atoms with Gasteiger partial charge in [0.05, 0.1) is 16.3 Å². The second kappa shape index (κ2) is 5.65. The Labute approximate surface area is 74.3 Å². The van der Waals surface area contributed by atoms with Gasteiger partial charge in [0.2, 0.25) is 0 Å². The zero-order valence-corrected chi connectivity index (χ0v) is 7.97. The van der Waals surface area contributed by atoms with Crippen molar-refractivity contribution in [3.8, 4) is 0 Å². The molecule has 0 radical (unpaired) electrons. The molecule has 60 valence electrons. The first kappa shape index (κ1) is 12.5. The van der Waals surface area contributed by atoms with E-state index < -0.39 is 0 Å². The molecule has 9 heavy (non-hydrogen) atoms. The van der Waals surface area contributed by atoms with Crippen LogP contribution in [0.2, 0.25) is 0 Å². The van der Waals surface area contributed by atoms with Gasteiger partial charge in [0.1, 0.15) is 0 Å². The second-order valence-corrected chi connectivity index (χ2v) is 2.64. The van der Waals surface area contributed by atoms with Crippen molar-refractivity contribution in [2.24, 2.45) is 0 Å². The molecule has 0 aliphatic carbocycles. The quantitative estimate of drug-likeness (QED) is 0.553. The Morgan fingerprint density at radius 2 is 1.78 bits per heavy atom. The summed E-state index contributed by atoms with van der Waals surface area (Å²) in [7, 11) is 0. The van der Waals surface area contributed by atoms with E-state index in [0.717, 1.165) is 0 Å². The largest absolute Gasteiger partial charge is 1.00 e. The van der Waals surface area contributed by atoms with Crippen LogP contribution in [0.5, 0.6) is 0 Å². The van der Waals surface area contributed by atoms with Gasteiger partial charge in [-0.05, 0) is 20.8 Å². The van der Waals surface area contributed by atoms with Crippen molar-refractivity contribution in [3.05, 3.63) is 5.64 Å². The molecule has 0 rings (SSSR count). The topological polar surface area (TPSA) is 32.6 Å². The van der Waals surface area contributed by atoms with Crippen LogP contribution in [0.4, 0.5) is 0 Å². The molecule has 0 unspecified atom stereocenters. The van der Waals surface area contributed by atoms with Gasteiger partial charge >= 0.3 is 17.1 Å². The first-order valence-electron chi connectivity index (χ1n) is 2.22. The molecule has 0 aromatic rings. The van der Waals surface area contributed by atoms with E-state index in [0.29, 0.717) is 0 Å². The number of hydrogen-bond acceptors (Lipinski definition) is 2. The molecule has 0 aliphatic heterocycles. The Hall–Kier alpha value is 0.879. The summed E-state index contributed by atoms with van der Waals surface area (Å²) in [6.07, 6.45) is 0. The molecule has 0 fully saturated rings. The minimum atomic E-state index is -0.270.